The van der Waals surface area contributed by atoms with E-state index in [1.54, 1.807) is 0 Å². The summed E-state index contributed by atoms with van der Waals surface area (Å²) >= 11 is 6.36. The highest BCUT2D eigenvalue weighted by Gasteiger charge is 2.23. The Hall–Kier alpha value is -2.90. The molecule has 4 rings (SSSR count). The van der Waals surface area contributed by atoms with Gasteiger partial charge in [0.05, 0.1) is 17.2 Å². The lowest BCUT2D eigenvalue weighted by Crippen LogP contribution is -2.17. The fourth-order valence-electron chi connectivity index (χ4n) is 2.89. The Morgan fingerprint density at radius 2 is 2.04 bits per heavy atom. The molecule has 2 heterocycles. The third kappa shape index (κ3) is 3.85. The molecule has 1 aliphatic heterocycles. The topological polar surface area (TPSA) is 56.1 Å². The van der Waals surface area contributed by atoms with E-state index in [9.17, 15) is 4.79 Å². The molecule has 5 nitrogen and oxygen atoms in total. The van der Waals surface area contributed by atoms with Crippen molar-refractivity contribution in [3.63, 3.8) is 0 Å². The summed E-state index contributed by atoms with van der Waals surface area (Å²) in [6.45, 7) is 2.54. The van der Waals surface area contributed by atoms with Gasteiger partial charge in [0.1, 0.15) is 15.8 Å². The summed E-state index contributed by atoms with van der Waals surface area (Å²) in [6.07, 6.45) is 3.74. The predicted octanol–water partition coefficient (Wildman–Crippen LogP) is 4.43. The molecular weight excluding hydrogens is 390 g/mol. The number of rotatable bonds is 5. The zero-order chi connectivity index (χ0) is 19.5. The Morgan fingerprint density at radius 3 is 2.75 bits per heavy atom. The summed E-state index contributed by atoms with van der Waals surface area (Å²) in [4.78, 5) is 12.7. The van der Waals surface area contributed by atoms with Gasteiger partial charge in [-0.05, 0) is 37.3 Å². The Bertz CT molecular complexity index is 1070. The lowest BCUT2D eigenvalue weighted by atomic mass is 10.1. The van der Waals surface area contributed by atoms with Gasteiger partial charge in [-0.25, -0.2) is 4.68 Å². The van der Waals surface area contributed by atoms with Gasteiger partial charge in [0.15, 0.2) is 0 Å². The molecule has 3 aromatic rings. The van der Waals surface area contributed by atoms with Crippen LogP contribution in [-0.4, -0.2) is 26.6 Å². The van der Waals surface area contributed by atoms with E-state index >= 15 is 0 Å². The summed E-state index contributed by atoms with van der Waals surface area (Å²) in [6, 6.07) is 17.6. The number of amides is 1. The fourth-order valence-corrected chi connectivity index (χ4v) is 3.93. The Balaban J connectivity index is 1.83. The van der Waals surface area contributed by atoms with Crippen LogP contribution in [0.2, 0.25) is 0 Å². The van der Waals surface area contributed by atoms with Crippen LogP contribution >= 0.6 is 24.0 Å². The smallest absolute Gasteiger partial charge is 0.263 e. The quantitative estimate of drug-likeness (QED) is 0.501. The first-order valence-electron chi connectivity index (χ1n) is 8.77. The van der Waals surface area contributed by atoms with E-state index in [0.717, 1.165) is 28.3 Å². The van der Waals surface area contributed by atoms with Crippen LogP contribution in [-0.2, 0) is 4.79 Å². The van der Waals surface area contributed by atoms with Gasteiger partial charge >= 0.3 is 0 Å². The number of nitrogens with one attached hydrogen (secondary N) is 1. The largest absolute Gasteiger partial charge is 0.494 e. The molecular formula is C21H17N3O2S2. The number of benzene rings is 2. The average Bonchev–Trinajstić information content (AvgIpc) is 3.26. The van der Waals surface area contributed by atoms with Crippen LogP contribution in [0.5, 0.6) is 5.75 Å². The minimum atomic E-state index is -0.184. The maximum absolute atomic E-state index is 12.1. The molecule has 0 atom stereocenters. The fraction of sp³-hybridized carbons (Fsp3) is 0.0952. The summed E-state index contributed by atoms with van der Waals surface area (Å²) < 4.78 is 7.90. The van der Waals surface area contributed by atoms with Crippen molar-refractivity contribution in [3.05, 3.63) is 71.3 Å². The SMILES string of the molecule is CCOc1cccc(-c2nn(-c3ccccc3)cc2/C=C2\SC(=S)NC2=O)c1. The Kier molecular flexibility index (Phi) is 5.27. The zero-order valence-electron chi connectivity index (χ0n) is 15.1. The molecule has 0 saturated carbocycles. The standard InChI is InChI=1S/C21H17N3O2S2/c1-2-26-17-10-6-7-14(11-17)19-15(12-18-20(25)22-21(27)28-18)13-24(23-19)16-8-4-3-5-9-16/h3-13H,2H2,1H3,(H,22,25,27)/b18-12-. The molecule has 0 spiro atoms. The lowest BCUT2D eigenvalue weighted by molar-refractivity contribution is -0.115. The van der Waals surface area contributed by atoms with Crippen LogP contribution in [0.15, 0.2) is 65.7 Å². The normalized spacial score (nSPS) is 15.1. The van der Waals surface area contributed by atoms with Gasteiger partial charge in [0.2, 0.25) is 0 Å². The second-order valence-corrected chi connectivity index (χ2v) is 7.75. The maximum atomic E-state index is 12.1. The predicted molar refractivity (Wildman–Crippen MR) is 116 cm³/mol. The van der Waals surface area contributed by atoms with Crippen molar-refractivity contribution >= 4 is 40.3 Å². The summed E-state index contributed by atoms with van der Waals surface area (Å²) in [7, 11) is 0. The highest BCUT2D eigenvalue weighted by atomic mass is 32.2. The Morgan fingerprint density at radius 1 is 1.21 bits per heavy atom. The second kappa shape index (κ2) is 8.00. The molecule has 1 N–H and O–H groups in total. The van der Waals surface area contributed by atoms with E-state index in [2.05, 4.69) is 5.32 Å². The number of hydrogen-bond donors (Lipinski definition) is 1. The summed E-state index contributed by atoms with van der Waals surface area (Å²) in [5.74, 6) is 0.596. The first-order valence-corrected chi connectivity index (χ1v) is 9.99. The molecule has 0 unspecified atom stereocenters. The van der Waals surface area contributed by atoms with Crippen LogP contribution in [0.1, 0.15) is 12.5 Å². The van der Waals surface area contributed by atoms with Gasteiger partial charge in [0, 0.05) is 17.3 Å². The van der Waals surface area contributed by atoms with Crippen molar-refractivity contribution in [1.29, 1.82) is 0 Å². The van der Waals surface area contributed by atoms with Crippen LogP contribution < -0.4 is 10.1 Å². The molecule has 1 amide bonds. The molecule has 1 fully saturated rings. The van der Waals surface area contributed by atoms with Gasteiger partial charge in [0.25, 0.3) is 5.91 Å². The number of carbonyl (C=O) groups is 1. The van der Waals surface area contributed by atoms with Crippen molar-refractivity contribution in [2.75, 3.05) is 6.61 Å². The van der Waals surface area contributed by atoms with E-state index in [4.69, 9.17) is 22.1 Å². The lowest BCUT2D eigenvalue weighted by Gasteiger charge is -2.05. The summed E-state index contributed by atoms with van der Waals surface area (Å²) in [5.41, 5.74) is 3.45. The maximum Gasteiger partial charge on any atom is 0.263 e. The monoisotopic (exact) mass is 407 g/mol. The highest BCUT2D eigenvalue weighted by Crippen LogP contribution is 2.32. The van der Waals surface area contributed by atoms with Crippen molar-refractivity contribution in [2.45, 2.75) is 6.92 Å². The molecule has 0 aliphatic carbocycles. The van der Waals surface area contributed by atoms with E-state index < -0.39 is 0 Å². The van der Waals surface area contributed by atoms with Crippen LogP contribution in [0.3, 0.4) is 0 Å². The van der Waals surface area contributed by atoms with Crippen LogP contribution in [0, 0.1) is 0 Å². The van der Waals surface area contributed by atoms with Gasteiger partial charge < -0.3 is 10.1 Å². The number of thioether (sulfide) groups is 1. The first kappa shape index (κ1) is 18.5. The minimum absolute atomic E-state index is 0.184. The van der Waals surface area contributed by atoms with E-state index in [0.29, 0.717) is 15.8 Å². The van der Waals surface area contributed by atoms with Crippen molar-refractivity contribution in [1.82, 2.24) is 15.1 Å². The van der Waals surface area contributed by atoms with Gasteiger partial charge in [-0.3, -0.25) is 4.79 Å². The number of ether oxygens (including phenoxy) is 1. The van der Waals surface area contributed by atoms with Crippen LogP contribution in [0.4, 0.5) is 0 Å². The molecule has 28 heavy (non-hydrogen) atoms. The molecule has 1 aromatic heterocycles. The summed E-state index contributed by atoms with van der Waals surface area (Å²) in [5, 5.41) is 7.43. The zero-order valence-corrected chi connectivity index (χ0v) is 16.7. The number of aromatic nitrogens is 2. The highest BCUT2D eigenvalue weighted by molar-refractivity contribution is 8.26. The first-order chi connectivity index (χ1) is 13.6. The molecule has 140 valence electrons. The van der Waals surface area contributed by atoms with Crippen molar-refractivity contribution < 1.29 is 9.53 Å². The molecule has 7 heteroatoms. The molecule has 1 saturated heterocycles. The number of nitrogens with zero attached hydrogens (tertiary/aromatic N) is 2. The number of hydrogen-bond acceptors (Lipinski definition) is 5. The van der Waals surface area contributed by atoms with E-state index in [1.807, 2.05) is 78.5 Å². The minimum Gasteiger partial charge on any atom is -0.494 e. The average molecular weight is 408 g/mol. The number of carbonyl (C=O) groups excluding carboxylic acids is 1. The van der Waals surface area contributed by atoms with Gasteiger partial charge in [-0.2, -0.15) is 5.10 Å². The third-order valence-electron chi connectivity index (χ3n) is 4.11. The molecule has 0 bridgehead atoms. The number of thiocarbonyl (C=S) groups is 1. The second-order valence-electron chi connectivity index (χ2n) is 6.03. The molecule has 0 radical (unpaired) electrons. The van der Waals surface area contributed by atoms with Gasteiger partial charge in [-0.1, -0.05) is 54.3 Å². The Labute approximate surface area is 172 Å². The molecule has 2 aromatic carbocycles. The van der Waals surface area contributed by atoms with E-state index in [-0.39, 0.29) is 5.91 Å². The molecule has 1 aliphatic rings. The third-order valence-corrected chi connectivity index (χ3v) is 5.27. The van der Waals surface area contributed by atoms with Crippen molar-refractivity contribution in [2.24, 2.45) is 0 Å². The number of para-hydroxylation sites is 1. The van der Waals surface area contributed by atoms with E-state index in [1.165, 1.54) is 11.8 Å². The van der Waals surface area contributed by atoms with Crippen LogP contribution in [0.25, 0.3) is 23.0 Å². The van der Waals surface area contributed by atoms with Crippen molar-refractivity contribution in [3.8, 4) is 22.7 Å². The van der Waals surface area contributed by atoms with Gasteiger partial charge in [-0.15, -0.1) is 0 Å².